The van der Waals surface area contributed by atoms with Gasteiger partial charge >= 0.3 is 0 Å². The summed E-state index contributed by atoms with van der Waals surface area (Å²) < 4.78 is 0. The molecule has 0 aromatic carbocycles. The summed E-state index contributed by atoms with van der Waals surface area (Å²) >= 11 is 6.16. The Balaban J connectivity index is 1.57. The van der Waals surface area contributed by atoms with E-state index >= 15 is 0 Å². The van der Waals surface area contributed by atoms with Crippen LogP contribution < -0.4 is 0 Å². The van der Waals surface area contributed by atoms with Gasteiger partial charge in [0.2, 0.25) is 0 Å². The highest BCUT2D eigenvalue weighted by atomic mass is 35.5. The zero-order valence-corrected chi connectivity index (χ0v) is 11.9. The monoisotopic (exact) mass is 277 g/mol. The van der Waals surface area contributed by atoms with Crippen molar-refractivity contribution in [3.63, 3.8) is 0 Å². The molecule has 0 aliphatic carbocycles. The summed E-state index contributed by atoms with van der Waals surface area (Å²) in [6.45, 7) is 3.76. The summed E-state index contributed by atoms with van der Waals surface area (Å²) in [5.74, 6) is 0. The van der Waals surface area contributed by atoms with Gasteiger partial charge in [0.15, 0.2) is 0 Å². The van der Waals surface area contributed by atoms with Crippen LogP contribution >= 0.6 is 11.6 Å². The topological polar surface area (TPSA) is 31.9 Å². The van der Waals surface area contributed by atoms with Crippen LogP contribution in [0.4, 0.5) is 0 Å². The van der Waals surface area contributed by atoms with E-state index in [1.165, 1.54) is 51.0 Å². The van der Waals surface area contributed by atoms with Crippen LogP contribution in [0.3, 0.4) is 0 Å². The van der Waals surface area contributed by atoms with Gasteiger partial charge in [-0.05, 0) is 57.5 Å². The number of aryl methyl sites for hydroxylation is 1. The minimum absolute atomic E-state index is 0.781. The van der Waals surface area contributed by atoms with Crippen molar-refractivity contribution >= 4 is 22.6 Å². The van der Waals surface area contributed by atoms with E-state index in [0.29, 0.717) is 0 Å². The summed E-state index contributed by atoms with van der Waals surface area (Å²) in [7, 11) is 0. The molecule has 1 aliphatic heterocycles. The minimum atomic E-state index is 0.781. The largest absolute Gasteiger partial charge is 0.343 e. The molecule has 1 N–H and O–H groups in total. The quantitative estimate of drug-likeness (QED) is 0.925. The molecule has 0 bridgehead atoms. The van der Waals surface area contributed by atoms with Gasteiger partial charge in [-0.2, -0.15) is 0 Å². The Morgan fingerprint density at radius 2 is 2.11 bits per heavy atom. The van der Waals surface area contributed by atoms with Crippen molar-refractivity contribution in [1.82, 2.24) is 14.9 Å². The molecule has 19 heavy (non-hydrogen) atoms. The van der Waals surface area contributed by atoms with Crippen molar-refractivity contribution < 1.29 is 0 Å². The average molecular weight is 278 g/mol. The number of likely N-dealkylation sites (tertiary alicyclic amines) is 1. The molecule has 3 nitrogen and oxygen atoms in total. The molecule has 0 spiro atoms. The number of rotatable bonds is 4. The van der Waals surface area contributed by atoms with Crippen LogP contribution in [0.5, 0.6) is 0 Å². The van der Waals surface area contributed by atoms with Gasteiger partial charge in [0.25, 0.3) is 0 Å². The molecule has 3 heterocycles. The molecule has 0 atom stereocenters. The molecule has 3 rings (SSSR count). The van der Waals surface area contributed by atoms with Crippen molar-refractivity contribution in [3.8, 4) is 0 Å². The molecule has 0 amide bonds. The van der Waals surface area contributed by atoms with Crippen LogP contribution in [0.2, 0.25) is 5.02 Å². The number of nitrogens with one attached hydrogen (secondary N) is 1. The highest BCUT2D eigenvalue weighted by molar-refractivity contribution is 6.35. The first-order valence-corrected chi connectivity index (χ1v) is 7.55. The van der Waals surface area contributed by atoms with Gasteiger partial charge in [0.1, 0.15) is 5.65 Å². The third-order valence-electron chi connectivity index (χ3n) is 3.90. The number of halogens is 1. The van der Waals surface area contributed by atoms with E-state index in [1.807, 2.05) is 6.07 Å². The fourth-order valence-electron chi connectivity index (χ4n) is 2.86. The van der Waals surface area contributed by atoms with E-state index in [4.69, 9.17) is 11.6 Å². The number of hydrogen-bond donors (Lipinski definition) is 1. The first-order chi connectivity index (χ1) is 9.33. The normalized spacial score (nSPS) is 17.1. The maximum atomic E-state index is 6.16. The van der Waals surface area contributed by atoms with Crippen LogP contribution in [0.25, 0.3) is 11.0 Å². The lowest BCUT2D eigenvalue weighted by Gasteiger charge is -2.26. The van der Waals surface area contributed by atoms with Gasteiger partial charge in [0.05, 0.1) is 5.02 Å². The summed E-state index contributed by atoms with van der Waals surface area (Å²) in [6.07, 6.45) is 8.16. The number of aromatic amines is 1. The van der Waals surface area contributed by atoms with E-state index in [1.54, 1.807) is 6.20 Å². The molecular weight excluding hydrogens is 258 g/mol. The van der Waals surface area contributed by atoms with E-state index in [0.717, 1.165) is 22.5 Å². The molecule has 0 unspecified atom stereocenters. The third-order valence-corrected chi connectivity index (χ3v) is 4.23. The number of H-pyrrole nitrogens is 1. The zero-order chi connectivity index (χ0) is 13.1. The SMILES string of the molecule is Clc1ccnc2[nH]c(CCCN3CCCCC3)cc12. The molecule has 2 aromatic rings. The third kappa shape index (κ3) is 3.10. The van der Waals surface area contributed by atoms with Crippen LogP contribution in [0.1, 0.15) is 31.4 Å². The summed E-state index contributed by atoms with van der Waals surface area (Å²) in [6, 6.07) is 3.98. The van der Waals surface area contributed by atoms with Gasteiger partial charge < -0.3 is 9.88 Å². The maximum Gasteiger partial charge on any atom is 0.138 e. The second kappa shape index (κ2) is 5.93. The highest BCUT2D eigenvalue weighted by Crippen LogP contribution is 2.22. The van der Waals surface area contributed by atoms with Crippen LogP contribution in [-0.4, -0.2) is 34.5 Å². The van der Waals surface area contributed by atoms with Gasteiger partial charge in [-0.3, -0.25) is 0 Å². The smallest absolute Gasteiger partial charge is 0.138 e. The van der Waals surface area contributed by atoms with Crippen molar-refractivity contribution in [1.29, 1.82) is 0 Å². The number of piperidine rings is 1. The van der Waals surface area contributed by atoms with Crippen molar-refractivity contribution in [3.05, 3.63) is 29.0 Å². The fourth-order valence-corrected chi connectivity index (χ4v) is 3.06. The fraction of sp³-hybridized carbons (Fsp3) is 0.533. The van der Waals surface area contributed by atoms with E-state index < -0.39 is 0 Å². The summed E-state index contributed by atoms with van der Waals surface area (Å²) in [5.41, 5.74) is 2.15. The van der Waals surface area contributed by atoms with Gasteiger partial charge in [-0.25, -0.2) is 4.98 Å². The number of aromatic nitrogens is 2. The van der Waals surface area contributed by atoms with Gasteiger partial charge in [0, 0.05) is 17.3 Å². The molecular formula is C15H20ClN3. The summed E-state index contributed by atoms with van der Waals surface area (Å²) in [5, 5.41) is 1.82. The van der Waals surface area contributed by atoms with E-state index in [9.17, 15) is 0 Å². The van der Waals surface area contributed by atoms with Crippen LogP contribution in [-0.2, 0) is 6.42 Å². The van der Waals surface area contributed by atoms with Gasteiger partial charge in [-0.15, -0.1) is 0 Å². The molecule has 0 saturated carbocycles. The Hall–Kier alpha value is -1.06. The second-order valence-electron chi connectivity index (χ2n) is 5.36. The Bertz CT molecular complexity index is 543. The first-order valence-electron chi connectivity index (χ1n) is 7.17. The van der Waals surface area contributed by atoms with E-state index in [2.05, 4.69) is 20.9 Å². The van der Waals surface area contributed by atoms with Crippen molar-refractivity contribution in [2.24, 2.45) is 0 Å². The molecule has 4 heteroatoms. The number of fused-ring (bicyclic) bond motifs is 1. The lowest BCUT2D eigenvalue weighted by Crippen LogP contribution is -2.30. The average Bonchev–Trinajstić information content (AvgIpc) is 2.84. The molecule has 1 aliphatic rings. The molecule has 2 aromatic heterocycles. The first kappa shape index (κ1) is 12.9. The predicted octanol–water partition coefficient (Wildman–Crippen LogP) is 3.63. The zero-order valence-electron chi connectivity index (χ0n) is 11.2. The van der Waals surface area contributed by atoms with E-state index in [-0.39, 0.29) is 0 Å². The number of pyridine rings is 1. The Kier molecular flexibility index (Phi) is 4.04. The second-order valence-corrected chi connectivity index (χ2v) is 5.76. The highest BCUT2D eigenvalue weighted by Gasteiger charge is 2.10. The standard InChI is InChI=1S/C15H20ClN3/c16-14-6-7-17-15-13(14)11-12(18-15)5-4-10-19-8-2-1-3-9-19/h6-7,11H,1-5,8-10H2,(H,17,18). The molecule has 102 valence electrons. The Labute approximate surface area is 119 Å². The Morgan fingerprint density at radius 3 is 2.89 bits per heavy atom. The Morgan fingerprint density at radius 1 is 1.26 bits per heavy atom. The molecule has 1 fully saturated rings. The molecule has 1 saturated heterocycles. The minimum Gasteiger partial charge on any atom is -0.343 e. The van der Waals surface area contributed by atoms with Gasteiger partial charge in [-0.1, -0.05) is 18.0 Å². The number of hydrogen-bond acceptors (Lipinski definition) is 2. The van der Waals surface area contributed by atoms with Crippen LogP contribution in [0, 0.1) is 0 Å². The lowest BCUT2D eigenvalue weighted by molar-refractivity contribution is 0.226. The van der Waals surface area contributed by atoms with Crippen molar-refractivity contribution in [2.75, 3.05) is 19.6 Å². The van der Waals surface area contributed by atoms with Crippen molar-refractivity contribution in [2.45, 2.75) is 32.1 Å². The maximum absolute atomic E-state index is 6.16. The summed E-state index contributed by atoms with van der Waals surface area (Å²) in [4.78, 5) is 10.3. The number of nitrogens with zero attached hydrogens (tertiary/aromatic N) is 2. The van der Waals surface area contributed by atoms with Crippen LogP contribution in [0.15, 0.2) is 18.3 Å². The lowest BCUT2D eigenvalue weighted by atomic mass is 10.1. The molecule has 0 radical (unpaired) electrons. The predicted molar refractivity (Wildman–Crippen MR) is 79.7 cm³/mol.